The van der Waals surface area contributed by atoms with Gasteiger partial charge in [-0.3, -0.25) is 4.79 Å². The van der Waals surface area contributed by atoms with Crippen molar-refractivity contribution in [1.82, 2.24) is 5.32 Å². The molecule has 1 N–H and O–H groups in total. The lowest BCUT2D eigenvalue weighted by molar-refractivity contribution is -0.139. The second-order valence-corrected chi connectivity index (χ2v) is 5.10. The molecule has 0 aliphatic carbocycles. The Morgan fingerprint density at radius 3 is 2.78 bits per heavy atom. The number of hydrogen-bond acceptors (Lipinski definition) is 4. The molecule has 0 bridgehead atoms. The topological polar surface area (TPSA) is 47.6 Å². The first kappa shape index (κ1) is 13.4. The molecule has 0 spiro atoms. The molecule has 1 fully saturated rings. The third-order valence-electron chi connectivity index (χ3n) is 3.02. The fourth-order valence-electron chi connectivity index (χ4n) is 1.94. The Morgan fingerprint density at radius 1 is 1.39 bits per heavy atom. The first-order chi connectivity index (χ1) is 8.70. The van der Waals surface area contributed by atoms with Gasteiger partial charge >= 0.3 is 5.97 Å². The molecule has 4 nitrogen and oxygen atoms in total. The van der Waals surface area contributed by atoms with Crippen LogP contribution in [0, 0.1) is 5.92 Å². The molecule has 0 unspecified atom stereocenters. The van der Waals surface area contributed by atoms with Gasteiger partial charge in [-0.25, -0.2) is 0 Å². The molecule has 1 heterocycles. The minimum Gasteiger partial charge on any atom is -0.497 e. The normalized spacial score (nSPS) is 16.3. The third-order valence-corrected chi connectivity index (χ3v) is 3.68. The van der Waals surface area contributed by atoms with Gasteiger partial charge in [-0.15, -0.1) is 0 Å². The highest BCUT2D eigenvalue weighted by Gasteiger charge is 2.23. The van der Waals surface area contributed by atoms with Crippen LogP contribution in [-0.4, -0.2) is 26.2 Å². The van der Waals surface area contributed by atoms with Crippen molar-refractivity contribution < 1.29 is 14.3 Å². The van der Waals surface area contributed by atoms with E-state index in [0.717, 1.165) is 30.4 Å². The molecule has 2 rings (SSSR count). The number of rotatable bonds is 3. The maximum atomic E-state index is 12.0. The summed E-state index contributed by atoms with van der Waals surface area (Å²) >= 11 is 3.37. The van der Waals surface area contributed by atoms with Gasteiger partial charge in [-0.05, 0) is 54.0 Å². The molecular weight excluding hydrogens is 298 g/mol. The maximum Gasteiger partial charge on any atom is 0.314 e. The van der Waals surface area contributed by atoms with Crippen LogP contribution in [0.15, 0.2) is 22.7 Å². The number of methoxy groups -OCH3 is 1. The molecule has 1 aromatic carbocycles. The molecule has 0 aromatic heterocycles. The predicted octanol–water partition coefficient (Wildman–Crippen LogP) is 2.36. The van der Waals surface area contributed by atoms with Crippen molar-refractivity contribution in [2.45, 2.75) is 12.8 Å². The van der Waals surface area contributed by atoms with E-state index in [1.807, 2.05) is 12.1 Å². The van der Waals surface area contributed by atoms with Gasteiger partial charge in [0.25, 0.3) is 0 Å². The zero-order valence-corrected chi connectivity index (χ0v) is 11.8. The van der Waals surface area contributed by atoms with E-state index in [-0.39, 0.29) is 11.9 Å². The number of nitrogens with one attached hydrogen (secondary N) is 1. The summed E-state index contributed by atoms with van der Waals surface area (Å²) in [5.74, 6) is 1.01. The van der Waals surface area contributed by atoms with Crippen molar-refractivity contribution in [3.05, 3.63) is 22.7 Å². The van der Waals surface area contributed by atoms with Gasteiger partial charge in [0.1, 0.15) is 11.5 Å². The Kier molecular flexibility index (Phi) is 4.60. The van der Waals surface area contributed by atoms with E-state index in [2.05, 4.69) is 21.2 Å². The summed E-state index contributed by atoms with van der Waals surface area (Å²) in [7, 11) is 1.58. The lowest BCUT2D eigenvalue weighted by Crippen LogP contribution is -2.33. The highest BCUT2D eigenvalue weighted by molar-refractivity contribution is 9.10. The molecule has 98 valence electrons. The average Bonchev–Trinajstić information content (AvgIpc) is 2.42. The van der Waals surface area contributed by atoms with Crippen molar-refractivity contribution in [3.63, 3.8) is 0 Å². The van der Waals surface area contributed by atoms with E-state index < -0.39 is 0 Å². The highest BCUT2D eigenvalue weighted by atomic mass is 79.9. The number of piperidine rings is 1. The summed E-state index contributed by atoms with van der Waals surface area (Å²) < 4.78 is 11.3. The zero-order chi connectivity index (χ0) is 13.0. The Hall–Kier alpha value is -1.07. The van der Waals surface area contributed by atoms with Crippen molar-refractivity contribution >= 4 is 21.9 Å². The number of carbonyl (C=O) groups is 1. The molecule has 5 heteroatoms. The van der Waals surface area contributed by atoms with Crippen LogP contribution in [0.4, 0.5) is 0 Å². The van der Waals surface area contributed by atoms with Crippen LogP contribution in [0.25, 0.3) is 0 Å². The second kappa shape index (κ2) is 6.20. The Bertz CT molecular complexity index is 430. The Morgan fingerprint density at radius 2 is 2.11 bits per heavy atom. The summed E-state index contributed by atoms with van der Waals surface area (Å²) in [6, 6.07) is 5.33. The van der Waals surface area contributed by atoms with Gasteiger partial charge in [0.05, 0.1) is 17.5 Å². The Labute approximate surface area is 115 Å². The van der Waals surface area contributed by atoms with E-state index in [1.54, 1.807) is 13.2 Å². The van der Waals surface area contributed by atoms with Crippen LogP contribution >= 0.6 is 15.9 Å². The molecule has 0 amide bonds. The van der Waals surface area contributed by atoms with Crippen molar-refractivity contribution in [2.75, 3.05) is 20.2 Å². The molecule has 0 atom stereocenters. The third kappa shape index (κ3) is 3.23. The molecule has 0 radical (unpaired) electrons. The van der Waals surface area contributed by atoms with Gasteiger partial charge in [-0.1, -0.05) is 0 Å². The van der Waals surface area contributed by atoms with Crippen molar-refractivity contribution in [3.8, 4) is 11.5 Å². The van der Waals surface area contributed by atoms with Gasteiger partial charge < -0.3 is 14.8 Å². The lowest BCUT2D eigenvalue weighted by atomic mass is 9.98. The van der Waals surface area contributed by atoms with Crippen LogP contribution in [-0.2, 0) is 4.79 Å². The molecule has 1 saturated heterocycles. The summed E-state index contributed by atoms with van der Waals surface area (Å²) in [6.07, 6.45) is 1.67. The largest absolute Gasteiger partial charge is 0.497 e. The van der Waals surface area contributed by atoms with Gasteiger partial charge in [0, 0.05) is 6.07 Å². The fraction of sp³-hybridized carbons (Fsp3) is 0.462. The monoisotopic (exact) mass is 313 g/mol. The van der Waals surface area contributed by atoms with E-state index >= 15 is 0 Å². The molecule has 1 aromatic rings. The maximum absolute atomic E-state index is 12.0. The van der Waals surface area contributed by atoms with Crippen LogP contribution in [0.2, 0.25) is 0 Å². The molecule has 0 saturated carbocycles. The number of ether oxygens (including phenoxy) is 2. The molecule has 1 aliphatic heterocycles. The van der Waals surface area contributed by atoms with Crippen molar-refractivity contribution in [1.29, 1.82) is 0 Å². The number of benzene rings is 1. The van der Waals surface area contributed by atoms with E-state index in [1.165, 1.54) is 0 Å². The number of hydrogen-bond donors (Lipinski definition) is 1. The van der Waals surface area contributed by atoms with Gasteiger partial charge in [0.15, 0.2) is 0 Å². The predicted molar refractivity (Wildman–Crippen MR) is 71.9 cm³/mol. The van der Waals surface area contributed by atoms with Crippen LogP contribution in [0.1, 0.15) is 12.8 Å². The van der Waals surface area contributed by atoms with Crippen LogP contribution in [0.3, 0.4) is 0 Å². The summed E-state index contributed by atoms with van der Waals surface area (Å²) in [6.45, 7) is 1.75. The molecular formula is C13H16BrNO3. The first-order valence-electron chi connectivity index (χ1n) is 5.96. The molecule has 1 aliphatic rings. The summed E-state index contributed by atoms with van der Waals surface area (Å²) in [5.41, 5.74) is 0. The fourth-order valence-corrected chi connectivity index (χ4v) is 2.27. The Balaban J connectivity index is 2.05. The minimum atomic E-state index is -0.162. The minimum absolute atomic E-state index is 0.00986. The van der Waals surface area contributed by atoms with Crippen LogP contribution < -0.4 is 14.8 Å². The quantitative estimate of drug-likeness (QED) is 0.687. The number of carbonyl (C=O) groups excluding carboxylic acids is 1. The number of halogens is 1. The lowest BCUT2D eigenvalue weighted by Gasteiger charge is -2.21. The second-order valence-electron chi connectivity index (χ2n) is 4.24. The van der Waals surface area contributed by atoms with E-state index in [0.29, 0.717) is 11.5 Å². The summed E-state index contributed by atoms with van der Waals surface area (Å²) in [5, 5.41) is 3.23. The number of esters is 1. The van der Waals surface area contributed by atoms with Gasteiger partial charge in [0.2, 0.25) is 0 Å². The average molecular weight is 314 g/mol. The summed E-state index contributed by atoms with van der Waals surface area (Å²) in [4.78, 5) is 12.0. The first-order valence-corrected chi connectivity index (χ1v) is 6.76. The van der Waals surface area contributed by atoms with E-state index in [4.69, 9.17) is 9.47 Å². The standard InChI is InChI=1S/C13H16BrNO3/c1-17-10-2-3-11(14)12(8-10)18-13(16)9-4-6-15-7-5-9/h2-3,8-9,15H,4-7H2,1H3. The SMILES string of the molecule is COc1ccc(Br)c(OC(=O)C2CCNCC2)c1. The zero-order valence-electron chi connectivity index (χ0n) is 10.2. The van der Waals surface area contributed by atoms with Gasteiger partial charge in [-0.2, -0.15) is 0 Å². The molecule has 18 heavy (non-hydrogen) atoms. The van der Waals surface area contributed by atoms with Crippen molar-refractivity contribution in [2.24, 2.45) is 5.92 Å². The highest BCUT2D eigenvalue weighted by Crippen LogP contribution is 2.30. The van der Waals surface area contributed by atoms with E-state index in [9.17, 15) is 4.79 Å². The smallest absolute Gasteiger partial charge is 0.314 e. The van der Waals surface area contributed by atoms with Crippen LogP contribution in [0.5, 0.6) is 11.5 Å².